The minimum atomic E-state index is 0.0563. The normalized spacial score (nSPS) is 23.4. The second-order valence-corrected chi connectivity index (χ2v) is 7.74. The van der Waals surface area contributed by atoms with Gasteiger partial charge in [0.05, 0.1) is 31.0 Å². The summed E-state index contributed by atoms with van der Waals surface area (Å²) < 4.78 is 13.4. The van der Waals surface area contributed by atoms with Crippen molar-refractivity contribution in [3.63, 3.8) is 0 Å². The fraction of sp³-hybridized carbons (Fsp3) is 0.600. The number of aryl methyl sites for hydroxylation is 3. The molecule has 0 aliphatic carbocycles. The zero-order valence-corrected chi connectivity index (χ0v) is 16.4. The molecule has 7 nitrogen and oxygen atoms in total. The van der Waals surface area contributed by atoms with Crippen LogP contribution in [0.4, 0.5) is 0 Å². The number of carbonyl (C=O) groups is 1. The van der Waals surface area contributed by atoms with Crippen molar-refractivity contribution in [1.82, 2.24) is 19.6 Å². The highest BCUT2D eigenvalue weighted by Gasteiger charge is 2.37. The van der Waals surface area contributed by atoms with Crippen LogP contribution in [0.2, 0.25) is 0 Å². The van der Waals surface area contributed by atoms with E-state index in [0.29, 0.717) is 30.5 Å². The Morgan fingerprint density at radius 1 is 1.26 bits per heavy atom. The van der Waals surface area contributed by atoms with Crippen molar-refractivity contribution in [2.45, 2.75) is 39.9 Å². The van der Waals surface area contributed by atoms with Gasteiger partial charge in [-0.05, 0) is 26.8 Å². The van der Waals surface area contributed by atoms with E-state index in [9.17, 15) is 4.79 Å². The number of carbonyl (C=O) groups excluding carboxylic acids is 1. The quantitative estimate of drug-likeness (QED) is 0.822. The molecule has 0 aromatic carbocycles. The lowest BCUT2D eigenvalue weighted by molar-refractivity contribution is 0.0423. The van der Waals surface area contributed by atoms with Gasteiger partial charge in [0.25, 0.3) is 5.91 Å². The summed E-state index contributed by atoms with van der Waals surface area (Å²) in [5.74, 6) is 1.85. The number of hydrogen-bond donors (Lipinski definition) is 0. The third-order valence-electron chi connectivity index (χ3n) is 5.49. The number of ether oxygens (including phenoxy) is 1. The Bertz CT molecular complexity index is 812. The summed E-state index contributed by atoms with van der Waals surface area (Å²) in [6.07, 6.45) is 4.05. The molecule has 146 valence electrons. The summed E-state index contributed by atoms with van der Waals surface area (Å²) >= 11 is 0. The topological polar surface area (TPSA) is 63.7 Å². The molecule has 2 aromatic rings. The van der Waals surface area contributed by atoms with Gasteiger partial charge in [-0.2, -0.15) is 5.10 Å². The first kappa shape index (κ1) is 18.3. The number of aromatic nitrogens is 2. The van der Waals surface area contributed by atoms with Crippen molar-refractivity contribution < 1.29 is 13.9 Å². The summed E-state index contributed by atoms with van der Waals surface area (Å²) in [7, 11) is 0. The number of hydrogen-bond acceptors (Lipinski definition) is 5. The summed E-state index contributed by atoms with van der Waals surface area (Å²) in [5, 5.41) is 4.38. The fourth-order valence-corrected chi connectivity index (χ4v) is 4.23. The third kappa shape index (κ3) is 3.80. The Balaban J connectivity index is 1.52. The molecule has 2 atom stereocenters. The standard InChI is InChI=1S/C20H28N4O3/c1-4-23-9-16(6-21-23)7-22-8-17-10-24(18(11-22)13-26-12-17)20(25)19-5-14(2)27-15(19)3/h5-6,9,17-18H,4,7-8,10-13H2,1-3H3/t17-,18-/m0/s1. The van der Waals surface area contributed by atoms with Gasteiger partial charge in [0, 0.05) is 50.4 Å². The Morgan fingerprint density at radius 3 is 2.81 bits per heavy atom. The highest BCUT2D eigenvalue weighted by molar-refractivity contribution is 5.95. The van der Waals surface area contributed by atoms with Crippen LogP contribution in [0.15, 0.2) is 22.9 Å². The Morgan fingerprint density at radius 2 is 2.11 bits per heavy atom. The molecule has 2 bridgehead atoms. The van der Waals surface area contributed by atoms with Gasteiger partial charge in [0.2, 0.25) is 0 Å². The number of fused-ring (bicyclic) bond motifs is 3. The molecular weight excluding hydrogens is 344 g/mol. The van der Waals surface area contributed by atoms with Crippen LogP contribution in [0, 0.1) is 19.8 Å². The lowest BCUT2D eigenvalue weighted by Crippen LogP contribution is -2.46. The molecule has 2 fully saturated rings. The minimum absolute atomic E-state index is 0.0563. The summed E-state index contributed by atoms with van der Waals surface area (Å²) in [4.78, 5) is 17.7. The Hall–Kier alpha value is -2.12. The van der Waals surface area contributed by atoms with E-state index in [-0.39, 0.29) is 11.9 Å². The number of rotatable bonds is 4. The molecule has 2 aliphatic rings. The molecule has 0 unspecified atom stereocenters. The van der Waals surface area contributed by atoms with Gasteiger partial charge < -0.3 is 14.1 Å². The Kier molecular flexibility index (Phi) is 5.06. The van der Waals surface area contributed by atoms with Crippen molar-refractivity contribution in [3.8, 4) is 0 Å². The van der Waals surface area contributed by atoms with Crippen LogP contribution in [0.5, 0.6) is 0 Å². The molecule has 2 saturated heterocycles. The lowest BCUT2D eigenvalue weighted by Gasteiger charge is -2.31. The highest BCUT2D eigenvalue weighted by Crippen LogP contribution is 2.25. The summed E-state index contributed by atoms with van der Waals surface area (Å²) in [5.41, 5.74) is 1.90. The van der Waals surface area contributed by atoms with E-state index in [2.05, 4.69) is 23.1 Å². The van der Waals surface area contributed by atoms with Crippen LogP contribution in [-0.2, 0) is 17.8 Å². The average Bonchev–Trinajstić information content (AvgIpc) is 3.09. The predicted molar refractivity (Wildman–Crippen MR) is 100 cm³/mol. The van der Waals surface area contributed by atoms with Gasteiger partial charge >= 0.3 is 0 Å². The first-order chi connectivity index (χ1) is 13.0. The van der Waals surface area contributed by atoms with Crippen LogP contribution in [0.1, 0.15) is 34.4 Å². The van der Waals surface area contributed by atoms with E-state index in [1.165, 1.54) is 5.56 Å². The fourth-order valence-electron chi connectivity index (χ4n) is 4.23. The van der Waals surface area contributed by atoms with Crippen molar-refractivity contribution >= 4 is 5.91 Å². The third-order valence-corrected chi connectivity index (χ3v) is 5.49. The lowest BCUT2D eigenvalue weighted by atomic mass is 10.1. The smallest absolute Gasteiger partial charge is 0.257 e. The van der Waals surface area contributed by atoms with E-state index in [1.54, 1.807) is 0 Å². The molecule has 0 N–H and O–H groups in total. The van der Waals surface area contributed by atoms with Gasteiger partial charge in [-0.15, -0.1) is 0 Å². The molecule has 0 spiro atoms. The molecular formula is C20H28N4O3. The maximum atomic E-state index is 13.2. The molecule has 2 aromatic heterocycles. The monoisotopic (exact) mass is 372 g/mol. The van der Waals surface area contributed by atoms with Gasteiger partial charge in [-0.3, -0.25) is 14.4 Å². The molecule has 0 saturated carbocycles. The minimum Gasteiger partial charge on any atom is -0.466 e. The van der Waals surface area contributed by atoms with E-state index < -0.39 is 0 Å². The SMILES string of the molecule is CCn1cc(CN2C[C@@H]3COC[C@H](C2)N(C(=O)c2cc(C)oc2C)C3)cn1. The van der Waals surface area contributed by atoms with Crippen LogP contribution in [0.25, 0.3) is 0 Å². The number of amides is 1. The second kappa shape index (κ2) is 7.48. The highest BCUT2D eigenvalue weighted by atomic mass is 16.5. The zero-order chi connectivity index (χ0) is 19.0. The van der Waals surface area contributed by atoms with Crippen LogP contribution < -0.4 is 0 Å². The van der Waals surface area contributed by atoms with Crippen LogP contribution in [-0.4, -0.2) is 64.4 Å². The van der Waals surface area contributed by atoms with Crippen LogP contribution in [0.3, 0.4) is 0 Å². The molecule has 27 heavy (non-hydrogen) atoms. The first-order valence-corrected chi connectivity index (χ1v) is 9.73. The predicted octanol–water partition coefficient (Wildman–Crippen LogP) is 2.09. The van der Waals surface area contributed by atoms with Crippen LogP contribution >= 0.6 is 0 Å². The van der Waals surface area contributed by atoms with Crippen molar-refractivity contribution in [1.29, 1.82) is 0 Å². The van der Waals surface area contributed by atoms with Gasteiger partial charge in [-0.1, -0.05) is 0 Å². The maximum Gasteiger partial charge on any atom is 0.257 e. The van der Waals surface area contributed by atoms with E-state index in [0.717, 1.165) is 38.5 Å². The van der Waals surface area contributed by atoms with Crippen molar-refractivity contribution in [2.75, 3.05) is 32.8 Å². The van der Waals surface area contributed by atoms with Gasteiger partial charge in [-0.25, -0.2) is 0 Å². The number of nitrogens with zero attached hydrogens (tertiary/aromatic N) is 4. The van der Waals surface area contributed by atoms with E-state index in [1.807, 2.05) is 35.7 Å². The first-order valence-electron chi connectivity index (χ1n) is 9.73. The number of furan rings is 1. The van der Waals surface area contributed by atoms with Crippen molar-refractivity contribution in [3.05, 3.63) is 41.1 Å². The van der Waals surface area contributed by atoms with E-state index >= 15 is 0 Å². The maximum absolute atomic E-state index is 13.2. The molecule has 1 amide bonds. The summed E-state index contributed by atoms with van der Waals surface area (Å²) in [6, 6.07) is 1.91. The molecule has 7 heteroatoms. The Labute approximate surface area is 159 Å². The molecule has 4 heterocycles. The van der Waals surface area contributed by atoms with Gasteiger partial charge in [0.1, 0.15) is 11.5 Å². The molecule has 4 rings (SSSR count). The molecule has 0 radical (unpaired) electrons. The van der Waals surface area contributed by atoms with Gasteiger partial charge in [0.15, 0.2) is 0 Å². The summed E-state index contributed by atoms with van der Waals surface area (Å²) in [6.45, 7) is 11.3. The molecule has 2 aliphatic heterocycles. The second-order valence-electron chi connectivity index (χ2n) is 7.74. The largest absolute Gasteiger partial charge is 0.466 e. The average molecular weight is 372 g/mol. The van der Waals surface area contributed by atoms with E-state index in [4.69, 9.17) is 9.15 Å². The van der Waals surface area contributed by atoms with Crippen molar-refractivity contribution in [2.24, 2.45) is 5.92 Å². The zero-order valence-electron chi connectivity index (χ0n) is 16.4.